The van der Waals surface area contributed by atoms with E-state index in [0.717, 1.165) is 24.6 Å². The van der Waals surface area contributed by atoms with E-state index in [0.29, 0.717) is 10.9 Å². The summed E-state index contributed by atoms with van der Waals surface area (Å²) in [7, 11) is 1.27. The maximum Gasteiger partial charge on any atom is 0.311 e. The molecule has 2 rings (SSSR count). The van der Waals surface area contributed by atoms with Gasteiger partial charge in [0.05, 0.1) is 24.5 Å². The van der Waals surface area contributed by atoms with Crippen LogP contribution in [-0.4, -0.2) is 40.2 Å². The SMILES string of the molecule is COC(=O)Cc1cc(=O)[nH]c(S[C@@H](C)C(=O)N[C@@H](C)CCc2ccccc2)n1. The van der Waals surface area contributed by atoms with E-state index in [1.165, 1.54) is 18.7 Å². The lowest BCUT2D eigenvalue weighted by atomic mass is 10.1. The van der Waals surface area contributed by atoms with Crippen LogP contribution in [0.3, 0.4) is 0 Å². The number of aromatic amines is 1. The van der Waals surface area contributed by atoms with Crippen molar-refractivity contribution >= 4 is 23.6 Å². The summed E-state index contributed by atoms with van der Waals surface area (Å²) in [5.74, 6) is -0.612. The van der Waals surface area contributed by atoms with Crippen molar-refractivity contribution in [3.63, 3.8) is 0 Å². The van der Waals surface area contributed by atoms with Gasteiger partial charge in [-0.1, -0.05) is 42.1 Å². The molecule has 7 nitrogen and oxygen atoms in total. The number of carbonyl (C=O) groups excluding carboxylic acids is 2. The third-order valence-corrected chi connectivity index (χ3v) is 5.07. The van der Waals surface area contributed by atoms with Gasteiger partial charge in [0, 0.05) is 12.1 Å². The van der Waals surface area contributed by atoms with E-state index in [1.54, 1.807) is 6.92 Å². The van der Waals surface area contributed by atoms with Crippen LogP contribution in [0.1, 0.15) is 31.5 Å². The molecule has 2 N–H and O–H groups in total. The second-order valence-corrected chi connectivity index (χ2v) is 7.82. The Morgan fingerprint density at radius 2 is 1.96 bits per heavy atom. The molecule has 28 heavy (non-hydrogen) atoms. The minimum absolute atomic E-state index is 0.0217. The van der Waals surface area contributed by atoms with Gasteiger partial charge in [-0.15, -0.1) is 0 Å². The summed E-state index contributed by atoms with van der Waals surface area (Å²) >= 11 is 1.14. The number of aryl methyl sites for hydroxylation is 1. The minimum atomic E-state index is -0.480. The van der Waals surface area contributed by atoms with Crippen molar-refractivity contribution < 1.29 is 14.3 Å². The van der Waals surface area contributed by atoms with Crippen molar-refractivity contribution in [3.8, 4) is 0 Å². The molecule has 0 radical (unpaired) electrons. The molecule has 0 aliphatic heterocycles. The van der Waals surface area contributed by atoms with Crippen LogP contribution in [0.25, 0.3) is 0 Å². The maximum atomic E-state index is 12.4. The number of H-pyrrole nitrogens is 1. The van der Waals surface area contributed by atoms with E-state index >= 15 is 0 Å². The van der Waals surface area contributed by atoms with Crippen LogP contribution >= 0.6 is 11.8 Å². The van der Waals surface area contributed by atoms with Crippen LogP contribution in [0, 0.1) is 0 Å². The highest BCUT2D eigenvalue weighted by atomic mass is 32.2. The van der Waals surface area contributed by atoms with Gasteiger partial charge in [-0.25, -0.2) is 4.98 Å². The summed E-state index contributed by atoms with van der Waals surface area (Å²) in [5.41, 5.74) is 1.16. The summed E-state index contributed by atoms with van der Waals surface area (Å²) in [4.78, 5) is 42.4. The first kappa shape index (κ1) is 21.7. The Labute approximate surface area is 168 Å². The van der Waals surface area contributed by atoms with E-state index in [9.17, 15) is 14.4 Å². The molecule has 2 aromatic rings. The molecule has 0 aliphatic carbocycles. The van der Waals surface area contributed by atoms with Crippen LogP contribution in [0.2, 0.25) is 0 Å². The molecule has 0 unspecified atom stereocenters. The largest absolute Gasteiger partial charge is 0.469 e. The molecule has 0 spiro atoms. The number of benzene rings is 1. The Balaban J connectivity index is 1.89. The quantitative estimate of drug-likeness (QED) is 0.378. The molecule has 0 bridgehead atoms. The van der Waals surface area contributed by atoms with Gasteiger partial charge in [0.25, 0.3) is 5.56 Å². The number of methoxy groups -OCH3 is 1. The van der Waals surface area contributed by atoms with Gasteiger partial charge in [0.1, 0.15) is 0 Å². The minimum Gasteiger partial charge on any atom is -0.469 e. The number of hydrogen-bond acceptors (Lipinski definition) is 6. The third-order valence-electron chi connectivity index (χ3n) is 4.08. The maximum absolute atomic E-state index is 12.4. The Morgan fingerprint density at radius 3 is 2.64 bits per heavy atom. The number of esters is 1. The predicted octanol–water partition coefficient (Wildman–Crippen LogP) is 2.10. The van der Waals surface area contributed by atoms with E-state index in [-0.39, 0.29) is 23.9 Å². The van der Waals surface area contributed by atoms with Crippen molar-refractivity contribution in [2.75, 3.05) is 7.11 Å². The van der Waals surface area contributed by atoms with Gasteiger partial charge in [0.15, 0.2) is 5.16 Å². The number of ether oxygens (including phenoxy) is 1. The molecule has 8 heteroatoms. The van der Waals surface area contributed by atoms with Crippen molar-refractivity contribution in [2.45, 2.75) is 49.6 Å². The van der Waals surface area contributed by atoms with Crippen molar-refractivity contribution in [2.24, 2.45) is 0 Å². The van der Waals surface area contributed by atoms with E-state index in [2.05, 4.69) is 32.2 Å². The summed E-state index contributed by atoms with van der Waals surface area (Å²) in [6, 6.07) is 11.4. The molecule has 1 aromatic heterocycles. The number of nitrogens with zero attached hydrogens (tertiary/aromatic N) is 1. The zero-order valence-electron chi connectivity index (χ0n) is 16.2. The fraction of sp³-hybridized carbons (Fsp3) is 0.400. The molecule has 1 aromatic carbocycles. The molecule has 150 valence electrons. The monoisotopic (exact) mass is 403 g/mol. The third kappa shape index (κ3) is 7.19. The van der Waals surface area contributed by atoms with E-state index in [4.69, 9.17) is 0 Å². The molecular formula is C20H25N3O4S. The standard InChI is InChI=1S/C20H25N3O4S/c1-13(9-10-15-7-5-4-6-8-15)21-19(26)14(2)28-20-22-16(11-17(24)23-20)12-18(25)27-3/h4-8,11,13-14H,9-10,12H2,1-3H3,(H,21,26)(H,22,23,24)/t13-,14-/m0/s1. The lowest BCUT2D eigenvalue weighted by Gasteiger charge is -2.17. The predicted molar refractivity (Wildman–Crippen MR) is 108 cm³/mol. The smallest absolute Gasteiger partial charge is 0.311 e. The first-order valence-electron chi connectivity index (χ1n) is 9.05. The molecule has 1 amide bonds. The molecule has 0 aliphatic rings. The van der Waals surface area contributed by atoms with Crippen molar-refractivity contribution in [3.05, 3.63) is 58.0 Å². The Bertz CT molecular complexity index is 854. The van der Waals surface area contributed by atoms with Gasteiger partial charge in [-0.3, -0.25) is 14.4 Å². The summed E-state index contributed by atoms with van der Waals surface area (Å²) < 4.78 is 4.59. The van der Waals surface area contributed by atoms with Gasteiger partial charge in [-0.2, -0.15) is 0 Å². The van der Waals surface area contributed by atoms with Gasteiger partial charge in [-0.05, 0) is 32.3 Å². The lowest BCUT2D eigenvalue weighted by molar-refractivity contribution is -0.139. The fourth-order valence-electron chi connectivity index (χ4n) is 2.53. The summed E-state index contributed by atoms with van der Waals surface area (Å²) in [6.45, 7) is 3.71. The lowest BCUT2D eigenvalue weighted by Crippen LogP contribution is -2.38. The average Bonchev–Trinajstić information content (AvgIpc) is 2.66. The zero-order chi connectivity index (χ0) is 20.5. The van der Waals surface area contributed by atoms with Crippen LogP contribution < -0.4 is 10.9 Å². The highest BCUT2D eigenvalue weighted by Gasteiger charge is 2.18. The van der Waals surface area contributed by atoms with Crippen LogP contribution in [0.5, 0.6) is 0 Å². The average molecular weight is 404 g/mol. The number of rotatable bonds is 9. The number of hydrogen-bond donors (Lipinski definition) is 2. The molecular weight excluding hydrogens is 378 g/mol. The fourth-order valence-corrected chi connectivity index (χ4v) is 3.37. The number of amides is 1. The molecule has 2 atom stereocenters. The topological polar surface area (TPSA) is 101 Å². The van der Waals surface area contributed by atoms with Crippen LogP contribution in [-0.2, 0) is 27.2 Å². The highest BCUT2D eigenvalue weighted by molar-refractivity contribution is 8.00. The Kier molecular flexibility index (Phi) is 8.25. The zero-order valence-corrected chi connectivity index (χ0v) is 17.0. The normalized spacial score (nSPS) is 12.8. The Morgan fingerprint density at radius 1 is 1.25 bits per heavy atom. The molecule has 1 heterocycles. The highest BCUT2D eigenvalue weighted by Crippen LogP contribution is 2.19. The molecule has 0 saturated heterocycles. The second-order valence-electron chi connectivity index (χ2n) is 6.49. The second kappa shape index (κ2) is 10.7. The number of carbonyl (C=O) groups is 2. The summed E-state index contributed by atoms with van der Waals surface area (Å²) in [5, 5.41) is 2.84. The van der Waals surface area contributed by atoms with Crippen LogP contribution in [0.15, 0.2) is 46.3 Å². The summed E-state index contributed by atoms with van der Waals surface area (Å²) in [6.07, 6.45) is 1.62. The van der Waals surface area contributed by atoms with E-state index < -0.39 is 11.2 Å². The number of aromatic nitrogens is 2. The van der Waals surface area contributed by atoms with Crippen molar-refractivity contribution in [1.82, 2.24) is 15.3 Å². The molecule has 0 fully saturated rings. The van der Waals surface area contributed by atoms with Crippen LogP contribution in [0.4, 0.5) is 0 Å². The number of thioether (sulfide) groups is 1. The molecule has 0 saturated carbocycles. The Hall–Kier alpha value is -2.61. The van der Waals surface area contributed by atoms with Crippen molar-refractivity contribution in [1.29, 1.82) is 0 Å². The van der Waals surface area contributed by atoms with E-state index in [1.807, 2.05) is 25.1 Å². The van der Waals surface area contributed by atoms with Gasteiger partial charge >= 0.3 is 5.97 Å². The first-order valence-corrected chi connectivity index (χ1v) is 9.93. The first-order chi connectivity index (χ1) is 13.4. The van der Waals surface area contributed by atoms with Gasteiger partial charge in [0.2, 0.25) is 5.91 Å². The van der Waals surface area contributed by atoms with Gasteiger partial charge < -0.3 is 15.0 Å². The number of nitrogens with one attached hydrogen (secondary N) is 2.